The van der Waals surface area contributed by atoms with Gasteiger partial charge in [-0.1, -0.05) is 54.1 Å². The molecule has 0 amide bonds. The van der Waals surface area contributed by atoms with Crippen molar-refractivity contribution >= 4 is 35.9 Å². The first-order chi connectivity index (χ1) is 25.1. The first-order valence-electron chi connectivity index (χ1n) is 17.9. The van der Waals surface area contributed by atoms with Gasteiger partial charge in [-0.25, -0.2) is 9.59 Å². The molecular weight excluding hydrogens is 743 g/mol. The Kier molecular flexibility index (Phi) is 20.0. The van der Waals surface area contributed by atoms with Gasteiger partial charge in [0.05, 0.1) is 6.61 Å². The van der Waals surface area contributed by atoms with Crippen LogP contribution in [0.15, 0.2) is 66.7 Å². The van der Waals surface area contributed by atoms with Crippen molar-refractivity contribution in [2.75, 3.05) is 54.1 Å². The number of aliphatic carboxylic acids is 2. The third-order valence-corrected chi connectivity index (χ3v) is 9.51. The predicted molar refractivity (Wildman–Crippen MR) is 207 cm³/mol. The molecule has 0 aromatic heterocycles. The zero-order valence-electron chi connectivity index (χ0n) is 32.0. The highest BCUT2D eigenvalue weighted by Gasteiger charge is 2.56. The molecule has 0 spiro atoms. The molecule has 54 heavy (non-hydrogen) atoms. The molecule has 3 aliphatic heterocycles. The lowest BCUT2D eigenvalue weighted by atomic mass is 9.88. The lowest BCUT2D eigenvalue weighted by Crippen LogP contribution is -2.44. The summed E-state index contributed by atoms with van der Waals surface area (Å²) < 4.78 is 29.5. The summed E-state index contributed by atoms with van der Waals surface area (Å²) in [6, 6.07) is 19.1. The Labute approximate surface area is 330 Å². The van der Waals surface area contributed by atoms with Crippen molar-refractivity contribution in [3.8, 4) is 0 Å². The first-order valence-corrected chi connectivity index (χ1v) is 18.3. The highest BCUT2D eigenvalue weighted by Crippen LogP contribution is 2.40. The number of hydrogen-bond donors (Lipinski definition) is 4. The number of halogens is 2. The van der Waals surface area contributed by atoms with E-state index < -0.39 is 47.9 Å². The first kappa shape index (κ1) is 47.5. The third-order valence-electron chi connectivity index (χ3n) is 9.25. The summed E-state index contributed by atoms with van der Waals surface area (Å²) in [5.41, 5.74) is 1.85. The zero-order valence-corrected chi connectivity index (χ0v) is 33.6. The number of rotatable bonds is 15. The van der Waals surface area contributed by atoms with Gasteiger partial charge in [0.1, 0.15) is 30.0 Å². The molecule has 2 aromatic carbocycles. The fourth-order valence-corrected chi connectivity index (χ4v) is 6.58. The number of carboxylic acids is 2. The maximum atomic E-state index is 9.88. The van der Waals surface area contributed by atoms with Crippen LogP contribution in [0.3, 0.4) is 0 Å². The van der Waals surface area contributed by atoms with Crippen molar-refractivity contribution < 1.29 is 53.7 Å². The maximum Gasteiger partial charge on any atom is 0.328 e. The average Bonchev–Trinajstić information content (AvgIpc) is 3.77. The summed E-state index contributed by atoms with van der Waals surface area (Å²) in [5.74, 6) is -3.24. The molecule has 3 saturated heterocycles. The number of aliphatic hydroxyl groups is 2. The molecule has 7 unspecified atom stereocenters. The van der Waals surface area contributed by atoms with Crippen LogP contribution in [-0.4, -0.2) is 139 Å². The molecule has 0 radical (unpaired) electrons. The second-order valence-electron chi connectivity index (χ2n) is 14.1. The molecule has 13 nitrogen and oxygen atoms in total. The quantitative estimate of drug-likeness (QED) is 0.144. The van der Waals surface area contributed by atoms with E-state index in [0.717, 1.165) is 36.6 Å². The van der Waals surface area contributed by atoms with E-state index in [9.17, 15) is 14.7 Å². The highest BCUT2D eigenvalue weighted by molar-refractivity contribution is 6.30. The van der Waals surface area contributed by atoms with E-state index in [0.29, 0.717) is 24.8 Å². The molecule has 304 valence electrons. The van der Waals surface area contributed by atoms with Gasteiger partial charge in [-0.3, -0.25) is 0 Å². The molecule has 0 aliphatic carbocycles. The monoisotopic (exact) mass is 800 g/mol. The molecule has 0 saturated carbocycles. The van der Waals surface area contributed by atoms with E-state index in [1.54, 1.807) is 0 Å². The van der Waals surface area contributed by atoms with Crippen LogP contribution in [0, 0.1) is 0 Å². The van der Waals surface area contributed by atoms with Crippen molar-refractivity contribution in [1.29, 1.82) is 0 Å². The van der Waals surface area contributed by atoms with Gasteiger partial charge in [0.25, 0.3) is 0 Å². The van der Waals surface area contributed by atoms with Crippen LogP contribution < -0.4 is 0 Å². The number of hydrogen-bond acceptors (Lipinski definition) is 11. The molecule has 7 atom stereocenters. The van der Waals surface area contributed by atoms with E-state index in [2.05, 4.69) is 60.2 Å². The maximum absolute atomic E-state index is 9.88. The van der Waals surface area contributed by atoms with Gasteiger partial charge in [0.15, 0.2) is 12.1 Å². The molecule has 2 aromatic rings. The molecule has 15 heteroatoms. The van der Waals surface area contributed by atoms with Gasteiger partial charge < -0.3 is 53.9 Å². The Bertz CT molecular complexity index is 1420. The number of nitrogens with zero attached hydrogens (tertiary/aromatic N) is 2. The largest absolute Gasteiger partial charge is 0.478 e. The van der Waals surface area contributed by atoms with Crippen molar-refractivity contribution in [3.05, 3.63) is 82.9 Å². The Morgan fingerprint density at radius 1 is 1.04 bits per heavy atom. The average molecular weight is 802 g/mol. The van der Waals surface area contributed by atoms with Crippen LogP contribution in [0.5, 0.6) is 0 Å². The van der Waals surface area contributed by atoms with E-state index in [1.807, 2.05) is 46.1 Å². The Morgan fingerprint density at radius 2 is 1.65 bits per heavy atom. The summed E-state index contributed by atoms with van der Waals surface area (Å²) >= 11 is 6.07. The SMILES string of the molecule is CN(C)CCCOC1C(C(O)CO)OC2OC(C)(C)OC21.CN1CCCC1CCOC(C)(c1ccccc1)c1ccc(Cl)cc1.Cl.O=C(O)C=CC(=O)O. The second-order valence-corrected chi connectivity index (χ2v) is 14.6. The zero-order chi connectivity index (χ0) is 39.2. The predicted octanol–water partition coefficient (Wildman–Crippen LogP) is 4.79. The lowest BCUT2D eigenvalue weighted by Gasteiger charge is -2.32. The molecule has 0 bridgehead atoms. The van der Waals surface area contributed by atoms with Crippen LogP contribution in [0.2, 0.25) is 5.02 Å². The van der Waals surface area contributed by atoms with Crippen molar-refractivity contribution in [2.45, 2.75) is 94.6 Å². The van der Waals surface area contributed by atoms with Crippen LogP contribution in [0.25, 0.3) is 0 Å². The molecule has 3 heterocycles. The Morgan fingerprint density at radius 3 is 2.19 bits per heavy atom. The summed E-state index contributed by atoms with van der Waals surface area (Å²) in [6.07, 6.45) is 2.60. The normalized spacial score (nSPS) is 24.7. The number of ether oxygens (including phenoxy) is 5. The molecular formula is C39H58Cl2N2O11. The van der Waals surface area contributed by atoms with Crippen LogP contribution in [0.4, 0.5) is 0 Å². The third kappa shape index (κ3) is 14.8. The van der Waals surface area contributed by atoms with Gasteiger partial charge in [0.2, 0.25) is 0 Å². The van der Waals surface area contributed by atoms with Gasteiger partial charge in [-0.2, -0.15) is 0 Å². The smallest absolute Gasteiger partial charge is 0.328 e. The van der Waals surface area contributed by atoms with Crippen LogP contribution in [0.1, 0.15) is 57.6 Å². The lowest BCUT2D eigenvalue weighted by molar-refractivity contribution is -0.231. The van der Waals surface area contributed by atoms with Crippen LogP contribution in [-0.2, 0) is 38.9 Å². The number of fused-ring (bicyclic) bond motifs is 1. The van der Waals surface area contributed by atoms with Gasteiger partial charge in [-0.15, -0.1) is 12.4 Å². The fraction of sp³-hybridized carbons (Fsp3) is 0.590. The summed E-state index contributed by atoms with van der Waals surface area (Å²) in [7, 11) is 6.22. The van der Waals surface area contributed by atoms with E-state index in [4.69, 9.17) is 50.6 Å². The van der Waals surface area contributed by atoms with Crippen molar-refractivity contribution in [3.63, 3.8) is 0 Å². The molecule has 5 rings (SSSR count). The van der Waals surface area contributed by atoms with Gasteiger partial charge >= 0.3 is 11.9 Å². The minimum atomic E-state index is -1.26. The summed E-state index contributed by atoms with van der Waals surface area (Å²) in [6.45, 7) is 8.81. The van der Waals surface area contributed by atoms with E-state index in [1.165, 1.54) is 24.9 Å². The molecule has 3 aliphatic rings. The number of carbonyl (C=O) groups is 2. The van der Waals surface area contributed by atoms with Gasteiger partial charge in [0, 0.05) is 36.4 Å². The number of aliphatic hydroxyl groups excluding tert-OH is 2. The minimum Gasteiger partial charge on any atom is -0.478 e. The van der Waals surface area contributed by atoms with E-state index >= 15 is 0 Å². The highest BCUT2D eigenvalue weighted by atomic mass is 35.5. The summed E-state index contributed by atoms with van der Waals surface area (Å²) in [4.78, 5) is 23.6. The number of benzene rings is 2. The number of likely N-dealkylation sites (tertiary alicyclic amines) is 1. The van der Waals surface area contributed by atoms with Crippen molar-refractivity contribution in [1.82, 2.24) is 9.80 Å². The molecule has 3 fully saturated rings. The topological polar surface area (TPSA) is 168 Å². The van der Waals surface area contributed by atoms with Crippen LogP contribution >= 0.6 is 24.0 Å². The molecule has 4 N–H and O–H groups in total. The van der Waals surface area contributed by atoms with Gasteiger partial charge in [-0.05, 0) is 104 Å². The minimum absolute atomic E-state index is 0. The summed E-state index contributed by atoms with van der Waals surface area (Å²) in [5, 5.41) is 35.4. The Hall–Kier alpha value is -2.66. The standard InChI is InChI=1S/C21H26ClNO.C14H27NO6.C4H4O4.ClH/c1-21(17-7-4-3-5-8-17,18-10-12-19(22)13-11-18)24-16-14-20-9-6-15-23(20)2;1-14(2)20-12-11(18-7-5-6-15(3)4)10(9(17)8-16)19-13(12)21-14;5-3(6)1-2-4(7)8;/h3-5,7-8,10-13,20H,6,9,14-16H2,1-2H3;9-13,16-17H,5-8H2,1-4H3;1-2H,(H,5,6)(H,7,8);1H. The second kappa shape index (κ2) is 22.8. The van der Waals surface area contributed by atoms with E-state index in [-0.39, 0.29) is 25.1 Å². The number of carboxylic acid groups (broad SMARTS) is 2. The van der Waals surface area contributed by atoms with Crippen molar-refractivity contribution in [2.24, 2.45) is 0 Å². The Balaban J connectivity index is 0.000000309. The fourth-order valence-electron chi connectivity index (χ4n) is 6.45.